The Bertz CT molecular complexity index is 88.4. The Morgan fingerprint density at radius 2 is 1.88 bits per heavy atom. The van der Waals surface area contributed by atoms with Crippen LogP contribution in [0.5, 0.6) is 0 Å². The first kappa shape index (κ1) is 7.56. The van der Waals surface area contributed by atoms with Crippen molar-refractivity contribution in [2.24, 2.45) is 0 Å². The molecule has 0 atom stereocenters. The molecule has 0 bridgehead atoms. The van der Waals surface area contributed by atoms with E-state index >= 15 is 0 Å². The second-order valence-electron chi connectivity index (χ2n) is 1.69. The Balaban J connectivity index is 3.90. The van der Waals surface area contributed by atoms with Gasteiger partial charge in [-0.25, -0.2) is 4.90 Å². The molecule has 0 saturated carbocycles. The lowest BCUT2D eigenvalue weighted by atomic mass is 10.5. The summed E-state index contributed by atoms with van der Waals surface area (Å²) < 4.78 is 24.2. The van der Waals surface area contributed by atoms with E-state index in [-0.39, 0.29) is 0 Å². The van der Waals surface area contributed by atoms with E-state index in [0.717, 1.165) is 4.90 Å². The highest BCUT2D eigenvalue weighted by Crippen LogP contribution is 2.15. The largest absolute Gasteiger partial charge is 0.324 e. The monoisotopic (exact) mass is 121 g/mol. The highest BCUT2D eigenvalue weighted by Gasteiger charge is 2.26. The molecule has 0 saturated heterocycles. The molecule has 8 heavy (non-hydrogen) atoms. The fourth-order valence-corrected chi connectivity index (χ4v) is 0.183. The van der Waals surface area contributed by atoms with E-state index in [4.69, 9.17) is 0 Å². The third kappa shape index (κ3) is 1.58. The van der Waals surface area contributed by atoms with Gasteiger partial charge in [-0.2, -0.15) is 8.78 Å². The minimum atomic E-state index is -2.86. The van der Waals surface area contributed by atoms with E-state index in [1.807, 2.05) is 0 Å². The number of halogens is 2. The van der Waals surface area contributed by atoms with Gasteiger partial charge in [0.1, 0.15) is 0 Å². The SMILES string of the molecule is C=CC(F)(F)N(C)C. The summed E-state index contributed by atoms with van der Waals surface area (Å²) in [6.07, 6.45) is 0.604. The van der Waals surface area contributed by atoms with Crippen LogP contribution in [0, 0.1) is 0 Å². The van der Waals surface area contributed by atoms with Gasteiger partial charge in [0.15, 0.2) is 0 Å². The molecule has 0 unspecified atom stereocenters. The molecule has 0 spiro atoms. The number of alkyl halides is 2. The molecule has 48 valence electrons. The van der Waals surface area contributed by atoms with Gasteiger partial charge in [0.25, 0.3) is 0 Å². The van der Waals surface area contributed by atoms with E-state index in [1.54, 1.807) is 0 Å². The van der Waals surface area contributed by atoms with Gasteiger partial charge in [-0.3, -0.25) is 0 Å². The lowest BCUT2D eigenvalue weighted by Gasteiger charge is -2.18. The first-order chi connectivity index (χ1) is 3.50. The van der Waals surface area contributed by atoms with Gasteiger partial charge in [0.2, 0.25) is 0 Å². The van der Waals surface area contributed by atoms with Gasteiger partial charge >= 0.3 is 6.05 Å². The predicted molar refractivity (Wildman–Crippen MR) is 28.8 cm³/mol. The summed E-state index contributed by atoms with van der Waals surface area (Å²) in [5.74, 6) is 0. The number of hydrogen-bond donors (Lipinski definition) is 0. The van der Waals surface area contributed by atoms with Crippen LogP contribution in [-0.4, -0.2) is 25.0 Å². The Morgan fingerprint density at radius 3 is 1.88 bits per heavy atom. The topological polar surface area (TPSA) is 3.24 Å². The van der Waals surface area contributed by atoms with E-state index in [1.165, 1.54) is 14.1 Å². The van der Waals surface area contributed by atoms with E-state index in [9.17, 15) is 8.78 Å². The van der Waals surface area contributed by atoms with Crippen LogP contribution in [0.15, 0.2) is 12.7 Å². The van der Waals surface area contributed by atoms with Crippen LogP contribution in [0.4, 0.5) is 8.78 Å². The van der Waals surface area contributed by atoms with Crippen LogP contribution in [0.2, 0.25) is 0 Å². The van der Waals surface area contributed by atoms with Crippen molar-refractivity contribution in [2.75, 3.05) is 14.1 Å². The summed E-state index contributed by atoms with van der Waals surface area (Å²) in [6, 6.07) is -2.86. The summed E-state index contributed by atoms with van der Waals surface area (Å²) >= 11 is 0. The number of likely N-dealkylation sites (N-methyl/N-ethyl adjacent to an activating group) is 1. The maximum atomic E-state index is 12.1. The number of rotatable bonds is 2. The van der Waals surface area contributed by atoms with Gasteiger partial charge in [-0.15, -0.1) is 0 Å². The molecule has 0 rings (SSSR count). The van der Waals surface area contributed by atoms with E-state index < -0.39 is 6.05 Å². The fraction of sp³-hybridized carbons (Fsp3) is 0.600. The minimum Gasteiger partial charge on any atom is -0.247 e. The molecule has 0 amide bonds. The zero-order chi connectivity index (χ0) is 6.78. The lowest BCUT2D eigenvalue weighted by Crippen LogP contribution is -2.32. The average molecular weight is 121 g/mol. The van der Waals surface area contributed by atoms with Gasteiger partial charge in [-0.1, -0.05) is 6.58 Å². The Labute approximate surface area is 47.6 Å². The van der Waals surface area contributed by atoms with Crippen LogP contribution in [0.3, 0.4) is 0 Å². The minimum absolute atomic E-state index is 0.604. The van der Waals surface area contributed by atoms with Gasteiger partial charge in [-0.05, 0) is 20.2 Å². The van der Waals surface area contributed by atoms with Crippen molar-refractivity contribution in [3.63, 3.8) is 0 Å². The van der Waals surface area contributed by atoms with Crippen molar-refractivity contribution >= 4 is 0 Å². The summed E-state index contributed by atoms with van der Waals surface area (Å²) in [5, 5.41) is 0. The maximum absolute atomic E-state index is 12.1. The zero-order valence-electron chi connectivity index (χ0n) is 4.99. The van der Waals surface area contributed by atoms with Gasteiger partial charge in [0, 0.05) is 0 Å². The molecule has 0 aliphatic heterocycles. The molecule has 0 heterocycles. The summed E-state index contributed by atoms with van der Waals surface area (Å²) in [6.45, 7) is 2.96. The second kappa shape index (κ2) is 2.22. The van der Waals surface area contributed by atoms with E-state index in [0.29, 0.717) is 6.08 Å². The van der Waals surface area contributed by atoms with Crippen LogP contribution in [0.25, 0.3) is 0 Å². The van der Waals surface area contributed by atoms with Crippen molar-refractivity contribution in [3.8, 4) is 0 Å². The van der Waals surface area contributed by atoms with Crippen LogP contribution < -0.4 is 0 Å². The van der Waals surface area contributed by atoms with Crippen molar-refractivity contribution < 1.29 is 8.78 Å². The standard InChI is InChI=1S/C5H9F2N/c1-4-5(6,7)8(2)3/h4H,1H2,2-3H3. The maximum Gasteiger partial charge on any atom is 0.324 e. The Hall–Kier alpha value is -0.440. The molecule has 0 aliphatic rings. The van der Waals surface area contributed by atoms with Crippen molar-refractivity contribution in [1.29, 1.82) is 0 Å². The molecule has 3 heteroatoms. The van der Waals surface area contributed by atoms with Crippen molar-refractivity contribution in [3.05, 3.63) is 12.7 Å². The molecule has 0 aliphatic carbocycles. The first-order valence-corrected chi connectivity index (χ1v) is 2.19. The molecule has 1 nitrogen and oxygen atoms in total. The first-order valence-electron chi connectivity index (χ1n) is 2.19. The Kier molecular flexibility index (Phi) is 2.10. The molecule has 0 aromatic rings. The van der Waals surface area contributed by atoms with Crippen molar-refractivity contribution in [1.82, 2.24) is 4.90 Å². The molecule has 0 aromatic heterocycles. The van der Waals surface area contributed by atoms with Crippen LogP contribution in [0.1, 0.15) is 0 Å². The second-order valence-corrected chi connectivity index (χ2v) is 1.69. The number of hydrogen-bond acceptors (Lipinski definition) is 1. The quantitative estimate of drug-likeness (QED) is 0.393. The molecule has 0 aromatic carbocycles. The third-order valence-electron chi connectivity index (χ3n) is 0.842. The Morgan fingerprint density at radius 1 is 1.50 bits per heavy atom. The van der Waals surface area contributed by atoms with Gasteiger partial charge in [0.05, 0.1) is 0 Å². The van der Waals surface area contributed by atoms with Gasteiger partial charge < -0.3 is 0 Å². The molecular weight excluding hydrogens is 112 g/mol. The normalized spacial score (nSPS) is 12.1. The smallest absolute Gasteiger partial charge is 0.247 e. The average Bonchev–Trinajstić information content (AvgIpc) is 1.67. The summed E-state index contributed by atoms with van der Waals surface area (Å²) in [5.41, 5.74) is 0. The van der Waals surface area contributed by atoms with Crippen molar-refractivity contribution in [2.45, 2.75) is 6.05 Å². The number of nitrogens with zero attached hydrogens (tertiary/aromatic N) is 1. The molecule has 0 fully saturated rings. The fourth-order valence-electron chi connectivity index (χ4n) is 0.183. The highest BCUT2D eigenvalue weighted by atomic mass is 19.3. The molecule has 0 radical (unpaired) electrons. The van der Waals surface area contributed by atoms with E-state index in [2.05, 4.69) is 6.58 Å². The third-order valence-corrected chi connectivity index (χ3v) is 0.842. The predicted octanol–water partition coefficient (Wildman–Crippen LogP) is 1.33. The lowest BCUT2D eigenvalue weighted by molar-refractivity contribution is -0.0746. The summed E-state index contributed by atoms with van der Waals surface area (Å²) in [7, 11) is 2.59. The van der Waals surface area contributed by atoms with Crippen LogP contribution in [-0.2, 0) is 0 Å². The molecule has 0 N–H and O–H groups in total. The zero-order valence-corrected chi connectivity index (χ0v) is 4.99. The molecular formula is C5H9F2N. The van der Waals surface area contributed by atoms with Crippen LogP contribution >= 0.6 is 0 Å². The highest BCUT2D eigenvalue weighted by molar-refractivity contribution is 4.83. The summed E-state index contributed by atoms with van der Waals surface area (Å²) in [4.78, 5) is 0.792.